The third kappa shape index (κ3) is 22.2. The van der Waals surface area contributed by atoms with Crippen LogP contribution in [0.4, 0.5) is 0 Å². The summed E-state index contributed by atoms with van der Waals surface area (Å²) in [7, 11) is 0. The van der Waals surface area contributed by atoms with E-state index in [0.29, 0.717) is 12.2 Å². The highest BCUT2D eigenvalue weighted by Gasteiger charge is 2.26. The minimum Gasteiger partial charge on any atom is -0.395 e. The van der Waals surface area contributed by atoms with Gasteiger partial charge in [0.05, 0.1) is 18.8 Å². The maximum absolute atomic E-state index is 9.48. The molecule has 0 aromatic carbocycles. The fourth-order valence-electron chi connectivity index (χ4n) is 5.78. The lowest BCUT2D eigenvalue weighted by Gasteiger charge is -2.38. The van der Waals surface area contributed by atoms with Crippen molar-refractivity contribution in [3.05, 3.63) is 12.2 Å². The first kappa shape index (κ1) is 34.6. The van der Waals surface area contributed by atoms with Gasteiger partial charge in [0.2, 0.25) is 0 Å². The van der Waals surface area contributed by atoms with E-state index in [0.717, 1.165) is 19.6 Å². The summed E-state index contributed by atoms with van der Waals surface area (Å²) in [5.41, 5.74) is 0. The van der Waals surface area contributed by atoms with Gasteiger partial charge in [-0.15, -0.1) is 0 Å². The number of aliphatic hydroxyl groups excluding tert-OH is 1. The molecule has 0 amide bonds. The van der Waals surface area contributed by atoms with Crippen molar-refractivity contribution >= 4 is 0 Å². The van der Waals surface area contributed by atoms with Gasteiger partial charge in [-0.1, -0.05) is 142 Å². The molecule has 0 saturated carbocycles. The second kappa shape index (κ2) is 27.2. The smallest absolute Gasteiger partial charge is 0.0706 e. The number of hydrogen-bond acceptors (Lipinski definition) is 3. The molecular formula is C34H67NO2. The molecule has 0 bridgehead atoms. The van der Waals surface area contributed by atoms with Crippen molar-refractivity contribution in [3.8, 4) is 0 Å². The lowest BCUT2D eigenvalue weighted by atomic mass is 10.0. The van der Waals surface area contributed by atoms with Gasteiger partial charge in [0.1, 0.15) is 0 Å². The predicted octanol–water partition coefficient (Wildman–Crippen LogP) is 10.0. The Morgan fingerprint density at radius 3 is 1.35 bits per heavy atom. The van der Waals surface area contributed by atoms with Crippen molar-refractivity contribution in [2.45, 2.75) is 180 Å². The van der Waals surface area contributed by atoms with Crippen LogP contribution in [-0.2, 0) is 4.74 Å². The zero-order valence-corrected chi connectivity index (χ0v) is 25.4. The van der Waals surface area contributed by atoms with Crippen molar-refractivity contribution in [1.82, 2.24) is 4.90 Å². The molecule has 1 aliphatic heterocycles. The molecule has 2 atom stereocenters. The van der Waals surface area contributed by atoms with Crippen molar-refractivity contribution in [2.75, 3.05) is 26.2 Å². The number of allylic oxidation sites excluding steroid dienone is 2. The topological polar surface area (TPSA) is 32.7 Å². The van der Waals surface area contributed by atoms with Crippen LogP contribution in [0.2, 0.25) is 0 Å². The standard InChI is InChI=1S/C34H67NO2/c1-3-5-7-9-11-13-15-16-17-18-20-22-24-26-28-34-32-35(29-30-36)31-33(37-34)27-25-23-21-19-14-12-10-8-6-4-2/h16-17,33-34,36H,3-15,18-32H2,1-2H3/b17-16-. The first-order valence-electron chi connectivity index (χ1n) is 16.9. The molecule has 1 aliphatic rings. The Morgan fingerprint density at radius 1 is 0.568 bits per heavy atom. The van der Waals surface area contributed by atoms with Gasteiger partial charge in [-0.2, -0.15) is 0 Å². The number of aliphatic hydroxyl groups is 1. The Morgan fingerprint density at radius 2 is 0.946 bits per heavy atom. The molecular weight excluding hydrogens is 454 g/mol. The van der Waals surface area contributed by atoms with E-state index in [-0.39, 0.29) is 6.61 Å². The van der Waals surface area contributed by atoms with E-state index in [9.17, 15) is 5.11 Å². The van der Waals surface area contributed by atoms with Crippen LogP contribution in [0.5, 0.6) is 0 Å². The Bertz CT molecular complexity index is 480. The number of nitrogens with zero attached hydrogens (tertiary/aromatic N) is 1. The second-order valence-corrected chi connectivity index (χ2v) is 11.9. The van der Waals surface area contributed by atoms with Crippen LogP contribution in [0.3, 0.4) is 0 Å². The van der Waals surface area contributed by atoms with Crippen LogP contribution in [0.25, 0.3) is 0 Å². The zero-order chi connectivity index (χ0) is 26.7. The summed E-state index contributed by atoms with van der Waals surface area (Å²) >= 11 is 0. The fourth-order valence-corrected chi connectivity index (χ4v) is 5.78. The highest BCUT2D eigenvalue weighted by Crippen LogP contribution is 2.21. The number of rotatable bonds is 27. The van der Waals surface area contributed by atoms with Gasteiger partial charge in [0.15, 0.2) is 0 Å². The van der Waals surface area contributed by atoms with Crippen LogP contribution < -0.4 is 0 Å². The molecule has 2 unspecified atom stereocenters. The fraction of sp³-hybridized carbons (Fsp3) is 0.941. The average Bonchev–Trinajstić information content (AvgIpc) is 2.90. The number of unbranched alkanes of at least 4 members (excludes halogenated alkanes) is 19. The Labute approximate surface area is 233 Å². The zero-order valence-electron chi connectivity index (χ0n) is 25.4. The first-order chi connectivity index (χ1) is 18.3. The molecule has 1 rings (SSSR count). The normalized spacial score (nSPS) is 18.8. The number of hydrogen-bond donors (Lipinski definition) is 1. The first-order valence-corrected chi connectivity index (χ1v) is 16.9. The van der Waals surface area contributed by atoms with E-state index in [1.54, 1.807) is 0 Å². The van der Waals surface area contributed by atoms with Crippen LogP contribution in [-0.4, -0.2) is 48.5 Å². The monoisotopic (exact) mass is 522 g/mol. The maximum atomic E-state index is 9.48. The van der Waals surface area contributed by atoms with Gasteiger partial charge in [-0.3, -0.25) is 4.90 Å². The summed E-state index contributed by atoms with van der Waals surface area (Å²) < 4.78 is 6.52. The highest BCUT2D eigenvalue weighted by atomic mass is 16.5. The SMILES string of the molecule is CCCCCCCC/C=C\CCCCCCC1CN(CCO)CC(CCCCCCCCCCCC)O1. The number of ether oxygens (including phenoxy) is 1. The number of β-amino-alcohol motifs (C(OH)–C–C–N with tert-alkyl or cyclic N) is 1. The van der Waals surface area contributed by atoms with Gasteiger partial charge in [-0.25, -0.2) is 0 Å². The van der Waals surface area contributed by atoms with E-state index < -0.39 is 0 Å². The summed E-state index contributed by atoms with van der Waals surface area (Å²) in [6.07, 6.45) is 38.0. The maximum Gasteiger partial charge on any atom is 0.0706 e. The lowest BCUT2D eigenvalue weighted by molar-refractivity contribution is -0.0940. The molecule has 0 radical (unpaired) electrons. The Hall–Kier alpha value is -0.380. The summed E-state index contributed by atoms with van der Waals surface area (Å²) in [5.74, 6) is 0. The summed E-state index contributed by atoms with van der Waals surface area (Å²) in [4.78, 5) is 2.45. The van der Waals surface area contributed by atoms with Gasteiger partial charge in [0.25, 0.3) is 0 Å². The Kier molecular flexibility index (Phi) is 25.5. The van der Waals surface area contributed by atoms with Crippen molar-refractivity contribution < 1.29 is 9.84 Å². The van der Waals surface area contributed by atoms with Gasteiger partial charge in [-0.05, 0) is 38.5 Å². The Balaban J connectivity index is 2.04. The minimum atomic E-state index is 0.268. The van der Waals surface area contributed by atoms with Crippen molar-refractivity contribution in [3.63, 3.8) is 0 Å². The van der Waals surface area contributed by atoms with E-state index in [4.69, 9.17) is 4.74 Å². The predicted molar refractivity (Wildman–Crippen MR) is 163 cm³/mol. The summed E-state index contributed by atoms with van der Waals surface area (Å²) in [6.45, 7) is 7.67. The third-order valence-corrected chi connectivity index (χ3v) is 8.14. The molecule has 1 N–H and O–H groups in total. The van der Waals surface area contributed by atoms with Gasteiger partial charge in [0, 0.05) is 19.6 Å². The van der Waals surface area contributed by atoms with Crippen molar-refractivity contribution in [2.24, 2.45) is 0 Å². The largest absolute Gasteiger partial charge is 0.395 e. The minimum absolute atomic E-state index is 0.268. The molecule has 3 heteroatoms. The molecule has 0 aromatic heterocycles. The molecule has 0 aliphatic carbocycles. The summed E-state index contributed by atoms with van der Waals surface area (Å²) in [6, 6.07) is 0. The lowest BCUT2D eigenvalue weighted by Crippen LogP contribution is -2.48. The van der Waals surface area contributed by atoms with E-state index in [2.05, 4.69) is 30.9 Å². The van der Waals surface area contributed by atoms with Gasteiger partial charge >= 0.3 is 0 Å². The molecule has 220 valence electrons. The molecule has 1 saturated heterocycles. The molecule has 0 spiro atoms. The van der Waals surface area contributed by atoms with E-state index in [1.165, 1.54) is 154 Å². The van der Waals surface area contributed by atoms with Crippen LogP contribution in [0, 0.1) is 0 Å². The average molecular weight is 522 g/mol. The quantitative estimate of drug-likeness (QED) is 0.0862. The van der Waals surface area contributed by atoms with Crippen LogP contribution in [0.15, 0.2) is 12.2 Å². The van der Waals surface area contributed by atoms with E-state index >= 15 is 0 Å². The number of morpholine rings is 1. The molecule has 1 heterocycles. The van der Waals surface area contributed by atoms with Crippen molar-refractivity contribution in [1.29, 1.82) is 0 Å². The molecule has 1 fully saturated rings. The third-order valence-electron chi connectivity index (χ3n) is 8.14. The molecule has 0 aromatic rings. The highest BCUT2D eigenvalue weighted by molar-refractivity contribution is 4.81. The van der Waals surface area contributed by atoms with Crippen LogP contribution >= 0.6 is 0 Å². The summed E-state index contributed by atoms with van der Waals surface area (Å²) in [5, 5.41) is 9.48. The second-order valence-electron chi connectivity index (χ2n) is 11.9. The molecule has 3 nitrogen and oxygen atoms in total. The van der Waals surface area contributed by atoms with Gasteiger partial charge < -0.3 is 9.84 Å². The molecule has 37 heavy (non-hydrogen) atoms. The van der Waals surface area contributed by atoms with Crippen LogP contribution in [0.1, 0.15) is 168 Å². The van der Waals surface area contributed by atoms with E-state index in [1.807, 2.05) is 0 Å².